The number of hydrogen-bond acceptors (Lipinski definition) is 3. The van der Waals surface area contributed by atoms with Crippen molar-refractivity contribution in [1.29, 1.82) is 0 Å². The molecule has 0 amide bonds. The second-order valence-corrected chi connectivity index (χ2v) is 8.55. The van der Waals surface area contributed by atoms with Crippen LogP contribution in [0.4, 0.5) is 5.69 Å². The lowest BCUT2D eigenvalue weighted by Gasteiger charge is -2.20. The molecule has 0 spiro atoms. The Morgan fingerprint density at radius 2 is 1.28 bits per heavy atom. The predicted octanol–water partition coefficient (Wildman–Crippen LogP) is 4.87. The van der Waals surface area contributed by atoms with Gasteiger partial charge in [-0.25, -0.2) is 0 Å². The largest absolute Gasteiger partial charge is 0.507 e. The van der Waals surface area contributed by atoms with Gasteiger partial charge in [0.05, 0.1) is 4.90 Å². The second-order valence-electron chi connectivity index (χ2n) is 6.94. The minimum absolute atomic E-state index is 0.127. The van der Waals surface area contributed by atoms with Gasteiger partial charge in [-0.3, -0.25) is 0 Å². The zero-order valence-corrected chi connectivity index (χ0v) is 17.7. The Kier molecular flexibility index (Phi) is 5.75. The summed E-state index contributed by atoms with van der Waals surface area (Å²) in [5.41, 5.74) is 4.55. The number of benzene rings is 3. The summed E-state index contributed by atoms with van der Waals surface area (Å²) in [5.74, 6) is 0.478. The van der Waals surface area contributed by atoms with E-state index in [1.807, 2.05) is 45.9 Å². The molecule has 0 bridgehead atoms. The number of hydrogen-bond donors (Lipinski definition) is 2. The quantitative estimate of drug-likeness (QED) is 0.367. The number of phenols is 1. The SMILES string of the molecule is Cc1c(C)c(N/C(=N/S(=O)(=O)c2ccccc2)c2ccccc2)c(C)c(C)c1O. The topological polar surface area (TPSA) is 78.8 Å². The molecule has 0 saturated heterocycles. The molecule has 0 aliphatic heterocycles. The van der Waals surface area contributed by atoms with Crippen molar-refractivity contribution >= 4 is 21.5 Å². The number of sulfonamides is 1. The van der Waals surface area contributed by atoms with Gasteiger partial charge in [-0.05, 0) is 62.1 Å². The molecule has 0 fully saturated rings. The van der Waals surface area contributed by atoms with Crippen molar-refractivity contribution in [1.82, 2.24) is 0 Å². The monoisotopic (exact) mass is 408 g/mol. The van der Waals surface area contributed by atoms with Crippen molar-refractivity contribution in [2.45, 2.75) is 32.6 Å². The normalized spacial score (nSPS) is 12.1. The van der Waals surface area contributed by atoms with Crippen molar-refractivity contribution < 1.29 is 13.5 Å². The lowest BCUT2D eigenvalue weighted by molar-refractivity contribution is 0.466. The highest BCUT2D eigenvalue weighted by atomic mass is 32.2. The highest BCUT2D eigenvalue weighted by molar-refractivity contribution is 7.90. The van der Waals surface area contributed by atoms with E-state index in [1.54, 1.807) is 30.3 Å². The van der Waals surface area contributed by atoms with Gasteiger partial charge in [0, 0.05) is 11.3 Å². The third-order valence-electron chi connectivity index (χ3n) is 5.13. The van der Waals surface area contributed by atoms with Crippen LogP contribution < -0.4 is 5.32 Å². The van der Waals surface area contributed by atoms with E-state index in [0.29, 0.717) is 5.56 Å². The highest BCUT2D eigenvalue weighted by Crippen LogP contribution is 2.35. The van der Waals surface area contributed by atoms with Crippen LogP contribution in [0.15, 0.2) is 70.0 Å². The minimum atomic E-state index is -3.91. The maximum atomic E-state index is 12.9. The van der Waals surface area contributed by atoms with E-state index < -0.39 is 10.0 Å². The summed E-state index contributed by atoms with van der Waals surface area (Å²) in [5, 5.41) is 13.6. The Labute approximate surface area is 171 Å². The molecule has 6 heteroatoms. The van der Waals surface area contributed by atoms with E-state index in [0.717, 1.165) is 27.9 Å². The van der Waals surface area contributed by atoms with Crippen LogP contribution in [0.1, 0.15) is 27.8 Å². The van der Waals surface area contributed by atoms with Crippen LogP contribution in [0.5, 0.6) is 5.75 Å². The van der Waals surface area contributed by atoms with Gasteiger partial charge >= 0.3 is 0 Å². The molecule has 3 aromatic rings. The second kappa shape index (κ2) is 8.09. The van der Waals surface area contributed by atoms with Gasteiger partial charge in [0.15, 0.2) is 5.84 Å². The predicted molar refractivity (Wildman–Crippen MR) is 117 cm³/mol. The fraction of sp³-hybridized carbons (Fsp3) is 0.174. The number of nitrogens with one attached hydrogen (secondary N) is 1. The first-order valence-electron chi connectivity index (χ1n) is 9.24. The van der Waals surface area contributed by atoms with Crippen molar-refractivity contribution in [2.24, 2.45) is 4.40 Å². The van der Waals surface area contributed by atoms with Gasteiger partial charge in [0.25, 0.3) is 10.0 Å². The molecule has 0 aliphatic carbocycles. The average Bonchev–Trinajstić information content (AvgIpc) is 2.74. The minimum Gasteiger partial charge on any atom is -0.507 e. The van der Waals surface area contributed by atoms with Crippen LogP contribution in [0.2, 0.25) is 0 Å². The van der Waals surface area contributed by atoms with Gasteiger partial charge in [-0.1, -0.05) is 48.5 Å². The van der Waals surface area contributed by atoms with E-state index in [9.17, 15) is 13.5 Å². The van der Waals surface area contributed by atoms with Crippen molar-refractivity contribution in [2.75, 3.05) is 5.32 Å². The standard InChI is InChI=1S/C23H24N2O3S/c1-15-17(3)22(26)18(4)16(2)21(15)24-23(19-11-7-5-8-12-19)25-29(27,28)20-13-9-6-10-14-20/h5-14,26H,1-4H3,(H,24,25). The van der Waals surface area contributed by atoms with Crippen molar-refractivity contribution in [3.63, 3.8) is 0 Å². The summed E-state index contributed by atoms with van der Waals surface area (Å²) in [6.07, 6.45) is 0. The summed E-state index contributed by atoms with van der Waals surface area (Å²) in [6.45, 7) is 7.45. The fourth-order valence-electron chi connectivity index (χ4n) is 3.11. The maximum Gasteiger partial charge on any atom is 0.284 e. The van der Waals surface area contributed by atoms with Gasteiger partial charge in [0.1, 0.15) is 5.75 Å². The molecule has 29 heavy (non-hydrogen) atoms. The van der Waals surface area contributed by atoms with Crippen LogP contribution in [-0.4, -0.2) is 19.4 Å². The van der Waals surface area contributed by atoms with E-state index in [-0.39, 0.29) is 16.5 Å². The van der Waals surface area contributed by atoms with Crippen LogP contribution in [-0.2, 0) is 10.0 Å². The summed E-state index contributed by atoms with van der Waals surface area (Å²) < 4.78 is 29.9. The van der Waals surface area contributed by atoms with E-state index in [2.05, 4.69) is 9.71 Å². The molecular formula is C23H24N2O3S. The Hall–Kier alpha value is -3.12. The number of phenolic OH excluding ortho intramolecular Hbond substituents is 1. The molecule has 150 valence electrons. The number of anilines is 1. The fourth-order valence-corrected chi connectivity index (χ4v) is 4.11. The molecule has 0 heterocycles. The van der Waals surface area contributed by atoms with Crippen LogP contribution in [0.25, 0.3) is 0 Å². The van der Waals surface area contributed by atoms with E-state index in [1.165, 1.54) is 12.1 Å². The van der Waals surface area contributed by atoms with Crippen molar-refractivity contribution in [3.8, 4) is 5.75 Å². The molecule has 3 rings (SSSR count). The first-order chi connectivity index (χ1) is 13.7. The zero-order chi connectivity index (χ0) is 21.2. The Morgan fingerprint density at radius 1 is 0.793 bits per heavy atom. The summed E-state index contributed by atoms with van der Waals surface area (Å²) in [7, 11) is -3.91. The first kappa shape index (κ1) is 20.6. The van der Waals surface area contributed by atoms with E-state index in [4.69, 9.17) is 0 Å². The number of nitrogens with zero attached hydrogens (tertiary/aromatic N) is 1. The molecule has 0 aromatic heterocycles. The summed E-state index contributed by atoms with van der Waals surface area (Å²) in [4.78, 5) is 0.127. The number of amidine groups is 1. The third-order valence-corrected chi connectivity index (χ3v) is 6.42. The molecule has 0 aliphatic rings. The molecule has 3 aromatic carbocycles. The maximum absolute atomic E-state index is 12.9. The van der Waals surface area contributed by atoms with Gasteiger partial charge in [0.2, 0.25) is 0 Å². The highest BCUT2D eigenvalue weighted by Gasteiger charge is 2.19. The van der Waals surface area contributed by atoms with Gasteiger partial charge in [-0.2, -0.15) is 8.42 Å². The lowest BCUT2D eigenvalue weighted by Crippen LogP contribution is -2.18. The lowest BCUT2D eigenvalue weighted by atomic mass is 9.97. The molecule has 2 N–H and O–H groups in total. The van der Waals surface area contributed by atoms with Crippen LogP contribution >= 0.6 is 0 Å². The Bertz CT molecular complexity index is 1140. The van der Waals surface area contributed by atoms with Crippen molar-refractivity contribution in [3.05, 3.63) is 88.5 Å². The molecule has 5 nitrogen and oxygen atoms in total. The van der Waals surface area contributed by atoms with Crippen LogP contribution in [0.3, 0.4) is 0 Å². The third kappa shape index (κ3) is 4.17. The smallest absolute Gasteiger partial charge is 0.284 e. The van der Waals surface area contributed by atoms with Gasteiger partial charge < -0.3 is 10.4 Å². The number of aromatic hydroxyl groups is 1. The molecule has 0 unspecified atom stereocenters. The average molecular weight is 409 g/mol. The Morgan fingerprint density at radius 3 is 1.79 bits per heavy atom. The summed E-state index contributed by atoms with van der Waals surface area (Å²) >= 11 is 0. The Balaban J connectivity index is 2.18. The zero-order valence-electron chi connectivity index (χ0n) is 16.9. The van der Waals surface area contributed by atoms with Gasteiger partial charge in [-0.15, -0.1) is 4.40 Å². The number of rotatable bonds is 4. The first-order valence-corrected chi connectivity index (χ1v) is 10.7. The molecule has 0 saturated carbocycles. The van der Waals surface area contributed by atoms with E-state index >= 15 is 0 Å². The summed E-state index contributed by atoms with van der Waals surface area (Å²) in [6, 6.07) is 17.3. The molecule has 0 radical (unpaired) electrons. The molecule has 0 atom stereocenters. The molecular weight excluding hydrogens is 384 g/mol. The van der Waals surface area contributed by atoms with Crippen LogP contribution in [0, 0.1) is 27.7 Å².